The Bertz CT molecular complexity index is 815. The number of carbonyl (C=O) groups is 5. The normalized spacial score (nSPS) is 18.6. The summed E-state index contributed by atoms with van der Waals surface area (Å²) in [5.41, 5.74) is 16.5. The van der Waals surface area contributed by atoms with Crippen LogP contribution in [-0.4, -0.2) is 99.2 Å². The highest BCUT2D eigenvalue weighted by Crippen LogP contribution is 2.19. The maximum atomic E-state index is 12.9. The number of aliphatic hydroxyl groups excluding tert-OH is 1. The van der Waals surface area contributed by atoms with Crippen LogP contribution < -0.4 is 27.8 Å². The minimum atomic E-state index is -1.53. The van der Waals surface area contributed by atoms with Crippen molar-refractivity contribution in [3.8, 4) is 0 Å². The molecule has 35 heavy (non-hydrogen) atoms. The highest BCUT2D eigenvalue weighted by molar-refractivity contribution is 5.94. The third-order valence-corrected chi connectivity index (χ3v) is 5.45. The molecule has 5 atom stereocenters. The highest BCUT2D eigenvalue weighted by Gasteiger charge is 2.38. The number of carbonyl (C=O) groups excluding carboxylic acids is 3. The summed E-state index contributed by atoms with van der Waals surface area (Å²) in [6, 6.07) is -4.88. The minimum absolute atomic E-state index is 0.0746. The summed E-state index contributed by atoms with van der Waals surface area (Å²) in [6.45, 7) is 1.80. The van der Waals surface area contributed by atoms with Crippen molar-refractivity contribution >= 4 is 35.6 Å². The first kappa shape index (κ1) is 29.6. The average Bonchev–Trinajstić information content (AvgIpc) is 3.26. The van der Waals surface area contributed by atoms with E-state index < -0.39 is 66.4 Å². The number of nitrogens with two attached hydrogens (primary N) is 3. The number of hydrogen-bond acceptors (Lipinski definition) is 8. The van der Waals surface area contributed by atoms with E-state index in [9.17, 15) is 34.2 Å². The number of rotatable bonds is 14. The molecule has 1 saturated heterocycles. The molecule has 0 aromatic heterocycles. The number of carboxylic acids is 2. The number of hydrogen-bond donors (Lipinski definition) is 8. The molecule has 198 valence electrons. The van der Waals surface area contributed by atoms with E-state index in [-0.39, 0.29) is 25.3 Å². The van der Waals surface area contributed by atoms with E-state index in [1.54, 1.807) is 0 Å². The van der Waals surface area contributed by atoms with Gasteiger partial charge in [-0.05, 0) is 39.0 Å². The predicted octanol–water partition coefficient (Wildman–Crippen LogP) is -3.34. The zero-order valence-corrected chi connectivity index (χ0v) is 19.6. The molecule has 11 N–H and O–H groups in total. The average molecular weight is 502 g/mol. The van der Waals surface area contributed by atoms with E-state index in [0.717, 1.165) is 0 Å². The maximum Gasteiger partial charge on any atom is 0.326 e. The van der Waals surface area contributed by atoms with Gasteiger partial charge in [-0.3, -0.25) is 24.2 Å². The predicted molar refractivity (Wildman–Crippen MR) is 123 cm³/mol. The quantitative estimate of drug-likeness (QED) is 0.0662. The second-order valence-electron chi connectivity index (χ2n) is 8.30. The highest BCUT2D eigenvalue weighted by atomic mass is 16.4. The summed E-state index contributed by atoms with van der Waals surface area (Å²) in [7, 11) is 0. The number of nitrogens with one attached hydrogen (secondary N) is 2. The largest absolute Gasteiger partial charge is 0.481 e. The van der Waals surface area contributed by atoms with Crippen LogP contribution in [0.5, 0.6) is 0 Å². The second-order valence-corrected chi connectivity index (χ2v) is 8.30. The number of nitrogens with zero attached hydrogens (tertiary/aromatic N) is 2. The van der Waals surface area contributed by atoms with Crippen LogP contribution in [0.15, 0.2) is 4.99 Å². The van der Waals surface area contributed by atoms with Crippen molar-refractivity contribution in [1.82, 2.24) is 15.5 Å². The number of aliphatic carboxylic acids is 2. The molecule has 0 aromatic carbocycles. The van der Waals surface area contributed by atoms with Crippen LogP contribution in [0.25, 0.3) is 0 Å². The van der Waals surface area contributed by atoms with Gasteiger partial charge in [0, 0.05) is 19.5 Å². The SMILES string of the molecule is CC(O)C(NC(=O)C1CCCN1C(=O)C(N)CCCN=C(N)N)C(=O)NC(CCC(=O)O)C(=O)O. The van der Waals surface area contributed by atoms with Gasteiger partial charge < -0.3 is 48.1 Å². The summed E-state index contributed by atoms with van der Waals surface area (Å²) in [6.07, 6.45) is -0.735. The Labute approximate surface area is 202 Å². The molecule has 5 unspecified atom stereocenters. The zero-order chi connectivity index (χ0) is 26.7. The molecule has 15 nitrogen and oxygen atoms in total. The van der Waals surface area contributed by atoms with Gasteiger partial charge in [0.25, 0.3) is 0 Å². The van der Waals surface area contributed by atoms with Crippen LogP contribution >= 0.6 is 0 Å². The number of amides is 3. The lowest BCUT2D eigenvalue weighted by atomic mass is 10.1. The summed E-state index contributed by atoms with van der Waals surface area (Å²) >= 11 is 0. The van der Waals surface area contributed by atoms with Gasteiger partial charge in [-0.15, -0.1) is 0 Å². The molecule has 0 aromatic rings. The second kappa shape index (κ2) is 14.1. The summed E-state index contributed by atoms with van der Waals surface area (Å²) in [5, 5.41) is 32.5. The van der Waals surface area contributed by atoms with E-state index in [4.69, 9.17) is 22.3 Å². The Balaban J connectivity index is 2.80. The third-order valence-electron chi connectivity index (χ3n) is 5.45. The van der Waals surface area contributed by atoms with Crippen molar-refractivity contribution in [1.29, 1.82) is 0 Å². The van der Waals surface area contributed by atoms with Crippen molar-refractivity contribution in [2.24, 2.45) is 22.2 Å². The smallest absolute Gasteiger partial charge is 0.326 e. The molecular weight excluding hydrogens is 466 g/mol. The lowest BCUT2D eigenvalue weighted by molar-refractivity contribution is -0.144. The van der Waals surface area contributed by atoms with Crippen LogP contribution in [-0.2, 0) is 24.0 Å². The number of likely N-dealkylation sites (tertiary alicyclic amines) is 1. The van der Waals surface area contributed by atoms with Crippen molar-refractivity contribution in [2.45, 2.75) is 75.7 Å². The minimum Gasteiger partial charge on any atom is -0.481 e. The van der Waals surface area contributed by atoms with Crippen LogP contribution in [0, 0.1) is 0 Å². The van der Waals surface area contributed by atoms with E-state index >= 15 is 0 Å². The van der Waals surface area contributed by atoms with Crippen LogP contribution in [0.3, 0.4) is 0 Å². The van der Waals surface area contributed by atoms with Crippen molar-refractivity contribution < 1.29 is 39.3 Å². The summed E-state index contributed by atoms with van der Waals surface area (Å²) in [4.78, 5) is 65.5. The van der Waals surface area contributed by atoms with E-state index in [1.807, 2.05) is 0 Å². The fraction of sp³-hybridized carbons (Fsp3) is 0.700. The molecule has 0 spiro atoms. The monoisotopic (exact) mass is 501 g/mol. The summed E-state index contributed by atoms with van der Waals surface area (Å²) < 4.78 is 0. The van der Waals surface area contributed by atoms with Gasteiger partial charge in [0.15, 0.2) is 5.96 Å². The Morgan fingerprint density at radius 3 is 2.31 bits per heavy atom. The van der Waals surface area contributed by atoms with Gasteiger partial charge in [-0.2, -0.15) is 0 Å². The van der Waals surface area contributed by atoms with Crippen LogP contribution in [0.2, 0.25) is 0 Å². The molecule has 15 heteroatoms. The van der Waals surface area contributed by atoms with Gasteiger partial charge in [0.2, 0.25) is 17.7 Å². The number of carboxylic acid groups (broad SMARTS) is 2. The zero-order valence-electron chi connectivity index (χ0n) is 19.6. The van der Waals surface area contributed by atoms with Gasteiger partial charge >= 0.3 is 11.9 Å². The molecule has 1 aliphatic rings. The molecule has 1 fully saturated rings. The molecule has 0 aliphatic carbocycles. The van der Waals surface area contributed by atoms with Crippen molar-refractivity contribution in [3.05, 3.63) is 0 Å². The topological polar surface area (TPSA) is 264 Å². The lowest BCUT2D eigenvalue weighted by Crippen LogP contribution is -2.59. The molecule has 3 amide bonds. The molecule has 0 radical (unpaired) electrons. The maximum absolute atomic E-state index is 12.9. The van der Waals surface area contributed by atoms with Gasteiger partial charge in [-0.25, -0.2) is 4.79 Å². The number of guanidine groups is 1. The molecule has 0 saturated carbocycles. The lowest BCUT2D eigenvalue weighted by Gasteiger charge is -2.29. The third kappa shape index (κ3) is 9.74. The first-order valence-electron chi connectivity index (χ1n) is 11.2. The molecule has 1 heterocycles. The Hall–Kier alpha value is -3.46. The Morgan fingerprint density at radius 2 is 1.77 bits per heavy atom. The van der Waals surface area contributed by atoms with Gasteiger partial charge in [-0.1, -0.05) is 0 Å². The molecule has 0 bridgehead atoms. The Kier molecular flexibility index (Phi) is 11.9. The fourth-order valence-corrected chi connectivity index (χ4v) is 3.60. The fourth-order valence-electron chi connectivity index (χ4n) is 3.60. The molecule has 1 aliphatic heterocycles. The standard InChI is InChI=1S/C20H35N7O8/c1-10(28)15(17(32)25-12(19(34)35)6-7-14(29)30)26-16(31)13-5-3-9-27(13)18(33)11(21)4-2-8-24-20(22)23/h10-13,15,28H,2-9,21H2,1H3,(H,25,32)(H,26,31)(H,29,30)(H,34,35)(H4,22,23,24). The van der Waals surface area contributed by atoms with Crippen LogP contribution in [0.4, 0.5) is 0 Å². The van der Waals surface area contributed by atoms with Gasteiger partial charge in [0.1, 0.15) is 18.1 Å². The van der Waals surface area contributed by atoms with Crippen molar-refractivity contribution in [2.75, 3.05) is 13.1 Å². The molecular formula is C20H35N7O8. The van der Waals surface area contributed by atoms with E-state index in [0.29, 0.717) is 25.8 Å². The number of aliphatic hydroxyl groups is 1. The first-order valence-corrected chi connectivity index (χ1v) is 11.2. The van der Waals surface area contributed by atoms with Crippen molar-refractivity contribution in [3.63, 3.8) is 0 Å². The number of aliphatic imine (C=N–C) groups is 1. The first-order chi connectivity index (χ1) is 16.3. The van der Waals surface area contributed by atoms with Gasteiger partial charge in [0.05, 0.1) is 12.1 Å². The molecule has 1 rings (SSSR count). The van der Waals surface area contributed by atoms with E-state index in [2.05, 4.69) is 15.6 Å². The Morgan fingerprint density at radius 1 is 1.11 bits per heavy atom. The van der Waals surface area contributed by atoms with Crippen LogP contribution in [0.1, 0.15) is 45.4 Å². The van der Waals surface area contributed by atoms with E-state index in [1.165, 1.54) is 11.8 Å². The summed E-state index contributed by atoms with van der Waals surface area (Å²) in [5.74, 6) is -4.94.